The molecule has 0 amide bonds. The van der Waals surface area contributed by atoms with Crippen LogP contribution in [-0.2, 0) is 14.8 Å². The van der Waals surface area contributed by atoms with Gasteiger partial charge >= 0.3 is 5.97 Å². The van der Waals surface area contributed by atoms with E-state index in [9.17, 15) is 13.2 Å². The van der Waals surface area contributed by atoms with Crippen molar-refractivity contribution in [3.05, 3.63) is 29.3 Å². The minimum atomic E-state index is -3.63. The van der Waals surface area contributed by atoms with Crippen LogP contribution in [0.2, 0.25) is 0 Å². The van der Waals surface area contributed by atoms with Gasteiger partial charge in [-0.3, -0.25) is 0 Å². The second-order valence-corrected chi connectivity index (χ2v) is 7.69. The van der Waals surface area contributed by atoms with Gasteiger partial charge in [0.25, 0.3) is 0 Å². The summed E-state index contributed by atoms with van der Waals surface area (Å²) in [7, 11) is -2.34. The van der Waals surface area contributed by atoms with E-state index in [-0.39, 0.29) is 16.9 Å². The molecule has 1 aliphatic rings. The third-order valence-electron chi connectivity index (χ3n) is 4.43. The Morgan fingerprint density at radius 3 is 2.65 bits per heavy atom. The van der Waals surface area contributed by atoms with Crippen LogP contribution >= 0.6 is 0 Å². The molecule has 2 unspecified atom stereocenters. The Hall–Kier alpha value is -1.44. The molecule has 0 spiro atoms. The van der Waals surface area contributed by atoms with Crippen LogP contribution in [0.5, 0.6) is 0 Å². The number of benzene rings is 1. The Labute approximate surface area is 137 Å². The van der Waals surface area contributed by atoms with E-state index in [1.807, 2.05) is 0 Å². The van der Waals surface area contributed by atoms with Gasteiger partial charge in [-0.25, -0.2) is 17.9 Å². The molecule has 128 valence electrons. The van der Waals surface area contributed by atoms with Gasteiger partial charge in [0.15, 0.2) is 0 Å². The maximum absolute atomic E-state index is 12.6. The number of rotatable bonds is 5. The molecule has 7 heteroatoms. The van der Waals surface area contributed by atoms with Gasteiger partial charge in [0.2, 0.25) is 10.0 Å². The van der Waals surface area contributed by atoms with Crippen molar-refractivity contribution >= 4 is 16.0 Å². The van der Waals surface area contributed by atoms with Crippen molar-refractivity contribution in [2.45, 2.75) is 43.5 Å². The first kappa shape index (κ1) is 17.9. The summed E-state index contributed by atoms with van der Waals surface area (Å²) >= 11 is 0. The van der Waals surface area contributed by atoms with Crippen LogP contribution in [0.1, 0.15) is 41.6 Å². The van der Waals surface area contributed by atoms with Crippen LogP contribution in [-0.4, -0.2) is 34.1 Å². The van der Waals surface area contributed by atoms with E-state index in [0.717, 1.165) is 25.7 Å². The van der Waals surface area contributed by atoms with E-state index in [1.165, 1.54) is 25.3 Å². The fraction of sp³-hybridized carbons (Fsp3) is 0.562. The summed E-state index contributed by atoms with van der Waals surface area (Å²) in [6.45, 7) is 2.17. The fourth-order valence-corrected chi connectivity index (χ4v) is 4.48. The average molecular weight is 340 g/mol. The van der Waals surface area contributed by atoms with Gasteiger partial charge in [0.05, 0.1) is 17.6 Å². The summed E-state index contributed by atoms with van der Waals surface area (Å²) in [6, 6.07) is 4.28. The number of sulfonamides is 1. The summed E-state index contributed by atoms with van der Waals surface area (Å²) in [5.74, 6) is -0.302. The Morgan fingerprint density at radius 2 is 2.04 bits per heavy atom. The predicted molar refractivity (Wildman–Crippen MR) is 87.6 cm³/mol. The van der Waals surface area contributed by atoms with E-state index >= 15 is 0 Å². The summed E-state index contributed by atoms with van der Waals surface area (Å²) in [4.78, 5) is 11.7. The number of aryl methyl sites for hydroxylation is 1. The quantitative estimate of drug-likeness (QED) is 0.793. The van der Waals surface area contributed by atoms with Crippen molar-refractivity contribution in [3.8, 4) is 0 Å². The molecule has 0 aromatic heterocycles. The molecule has 1 fully saturated rings. The van der Waals surface area contributed by atoms with Crippen molar-refractivity contribution in [2.24, 2.45) is 11.7 Å². The van der Waals surface area contributed by atoms with Crippen LogP contribution in [0.15, 0.2) is 23.1 Å². The highest BCUT2D eigenvalue weighted by Crippen LogP contribution is 2.25. The topological polar surface area (TPSA) is 98.5 Å². The maximum Gasteiger partial charge on any atom is 0.338 e. The number of hydrogen-bond acceptors (Lipinski definition) is 5. The Balaban J connectivity index is 2.22. The maximum atomic E-state index is 12.6. The molecule has 1 aromatic rings. The molecular weight excluding hydrogens is 316 g/mol. The van der Waals surface area contributed by atoms with Gasteiger partial charge < -0.3 is 10.5 Å². The average Bonchev–Trinajstić information content (AvgIpc) is 2.54. The minimum absolute atomic E-state index is 0.126. The summed E-state index contributed by atoms with van der Waals surface area (Å²) in [5, 5.41) is 0. The first-order valence-electron chi connectivity index (χ1n) is 7.80. The van der Waals surface area contributed by atoms with E-state index in [2.05, 4.69) is 9.46 Å². The van der Waals surface area contributed by atoms with Gasteiger partial charge in [-0.2, -0.15) is 0 Å². The van der Waals surface area contributed by atoms with E-state index < -0.39 is 16.0 Å². The summed E-state index contributed by atoms with van der Waals surface area (Å²) < 4.78 is 32.6. The number of methoxy groups -OCH3 is 1. The standard InChI is InChI=1S/C16H24N2O4S/c1-11-9-13(7-8-14(11)16(19)22-2)23(20,21)18-15-6-4-3-5-12(15)10-17/h7-9,12,15,18H,3-6,10,17H2,1-2H3. The largest absolute Gasteiger partial charge is 0.465 e. The molecule has 1 aliphatic carbocycles. The van der Waals surface area contributed by atoms with Gasteiger partial charge in [0.1, 0.15) is 0 Å². The smallest absolute Gasteiger partial charge is 0.338 e. The first-order chi connectivity index (χ1) is 10.9. The SMILES string of the molecule is COC(=O)c1ccc(S(=O)(=O)NC2CCCCC2CN)cc1C. The van der Waals surface area contributed by atoms with E-state index in [1.54, 1.807) is 6.92 Å². The highest BCUT2D eigenvalue weighted by atomic mass is 32.2. The molecule has 2 rings (SSSR count). The van der Waals surface area contributed by atoms with Gasteiger partial charge in [0, 0.05) is 6.04 Å². The number of esters is 1. The lowest BCUT2D eigenvalue weighted by atomic mass is 9.85. The monoisotopic (exact) mass is 340 g/mol. The van der Waals surface area contributed by atoms with Crippen LogP contribution < -0.4 is 10.5 Å². The van der Waals surface area contributed by atoms with Gasteiger partial charge in [-0.15, -0.1) is 0 Å². The van der Waals surface area contributed by atoms with Crippen molar-refractivity contribution < 1.29 is 17.9 Å². The van der Waals surface area contributed by atoms with Crippen molar-refractivity contribution in [1.29, 1.82) is 0 Å². The molecule has 0 radical (unpaired) electrons. The number of carbonyl (C=O) groups is 1. The molecule has 0 saturated heterocycles. The molecule has 23 heavy (non-hydrogen) atoms. The second kappa shape index (κ2) is 7.42. The lowest BCUT2D eigenvalue weighted by Crippen LogP contribution is -2.44. The van der Waals surface area contributed by atoms with E-state index in [0.29, 0.717) is 17.7 Å². The zero-order valence-corrected chi connectivity index (χ0v) is 14.4. The van der Waals surface area contributed by atoms with Crippen molar-refractivity contribution in [1.82, 2.24) is 4.72 Å². The molecule has 3 N–H and O–H groups in total. The molecule has 1 saturated carbocycles. The summed E-state index contributed by atoms with van der Waals surface area (Å²) in [5.41, 5.74) is 6.69. The number of nitrogens with one attached hydrogen (secondary N) is 1. The highest BCUT2D eigenvalue weighted by Gasteiger charge is 2.29. The Morgan fingerprint density at radius 1 is 1.35 bits per heavy atom. The summed E-state index contributed by atoms with van der Waals surface area (Å²) in [6.07, 6.45) is 3.85. The zero-order chi connectivity index (χ0) is 17.0. The number of nitrogens with two attached hydrogens (primary N) is 1. The third kappa shape index (κ3) is 4.10. The molecule has 0 bridgehead atoms. The molecular formula is C16H24N2O4S. The predicted octanol–water partition coefficient (Wildman–Crippen LogP) is 1.58. The van der Waals surface area contributed by atoms with Crippen molar-refractivity contribution in [3.63, 3.8) is 0 Å². The molecule has 0 aliphatic heterocycles. The number of hydrogen-bond donors (Lipinski definition) is 2. The lowest BCUT2D eigenvalue weighted by Gasteiger charge is -2.31. The lowest BCUT2D eigenvalue weighted by molar-refractivity contribution is 0.0600. The van der Waals surface area contributed by atoms with Crippen LogP contribution in [0.25, 0.3) is 0 Å². The molecule has 0 heterocycles. The van der Waals surface area contributed by atoms with Crippen LogP contribution in [0.4, 0.5) is 0 Å². The van der Waals surface area contributed by atoms with Crippen LogP contribution in [0, 0.1) is 12.8 Å². The van der Waals surface area contributed by atoms with Gasteiger partial charge in [-0.05, 0) is 56.0 Å². The van der Waals surface area contributed by atoms with Crippen LogP contribution in [0.3, 0.4) is 0 Å². The normalized spacial score (nSPS) is 21.9. The number of ether oxygens (including phenoxy) is 1. The highest BCUT2D eigenvalue weighted by molar-refractivity contribution is 7.89. The zero-order valence-electron chi connectivity index (χ0n) is 13.5. The molecule has 1 aromatic carbocycles. The molecule has 6 nitrogen and oxygen atoms in total. The first-order valence-corrected chi connectivity index (χ1v) is 9.28. The minimum Gasteiger partial charge on any atom is -0.465 e. The second-order valence-electron chi connectivity index (χ2n) is 5.98. The van der Waals surface area contributed by atoms with Crippen molar-refractivity contribution in [2.75, 3.05) is 13.7 Å². The fourth-order valence-electron chi connectivity index (χ4n) is 3.05. The Kier molecular flexibility index (Phi) is 5.78. The number of carbonyl (C=O) groups excluding carboxylic acids is 1. The van der Waals surface area contributed by atoms with Gasteiger partial charge in [-0.1, -0.05) is 12.8 Å². The Bertz CT molecular complexity index is 673. The van der Waals surface area contributed by atoms with E-state index in [4.69, 9.17) is 5.73 Å². The molecule has 2 atom stereocenters. The third-order valence-corrected chi connectivity index (χ3v) is 5.92.